The number of nitrogens with zero attached hydrogens (tertiary/aromatic N) is 2. The molecule has 1 N–H and O–H groups in total. The molecule has 190 valence electrons. The third-order valence-corrected chi connectivity index (χ3v) is 5.91. The van der Waals surface area contributed by atoms with Crippen LogP contribution in [0.25, 0.3) is 5.76 Å². The van der Waals surface area contributed by atoms with E-state index in [9.17, 15) is 19.5 Å². The number of pyridine rings is 1. The van der Waals surface area contributed by atoms with Crippen molar-refractivity contribution in [1.29, 1.82) is 0 Å². The normalized spacial score (nSPS) is 16.6. The molecule has 4 rings (SSSR count). The Morgan fingerprint density at radius 1 is 1.00 bits per heavy atom. The van der Waals surface area contributed by atoms with Crippen LogP contribution in [0.15, 0.2) is 78.5 Å². The Kier molecular flexibility index (Phi) is 7.98. The van der Waals surface area contributed by atoms with E-state index in [0.717, 1.165) is 6.42 Å². The van der Waals surface area contributed by atoms with Crippen LogP contribution in [0.1, 0.15) is 53.5 Å². The summed E-state index contributed by atoms with van der Waals surface area (Å²) in [6.07, 6.45) is 2.39. The third-order valence-electron chi connectivity index (χ3n) is 5.91. The molecule has 3 aromatic rings. The van der Waals surface area contributed by atoms with Crippen molar-refractivity contribution < 1.29 is 29.0 Å². The number of hydrogen-bond donors (Lipinski definition) is 1. The Hall–Kier alpha value is -4.46. The standard InChI is InChI=1S/C29H28N2O6/c1-3-16-37-22-9-7-8-21(17-22)26(32)24-25(23-10-5-6-15-30-23)31(28(34)27(24)33)18-19-11-13-20(14-12-19)29(35)36-4-2/h5-15,17,25,32H,3-4,16,18H2,1-2H3/b26-24+. The minimum absolute atomic E-state index is 0.0421. The number of carbonyl (C=O) groups excluding carboxylic acids is 3. The number of carbonyl (C=O) groups is 3. The first kappa shape index (κ1) is 25.6. The van der Waals surface area contributed by atoms with Gasteiger partial charge in [-0.2, -0.15) is 0 Å². The van der Waals surface area contributed by atoms with Crippen molar-refractivity contribution in [2.75, 3.05) is 13.2 Å². The van der Waals surface area contributed by atoms with E-state index in [2.05, 4.69) is 4.98 Å². The number of likely N-dealkylation sites (tertiary alicyclic amines) is 1. The van der Waals surface area contributed by atoms with Gasteiger partial charge in [-0.15, -0.1) is 0 Å². The number of benzene rings is 2. The largest absolute Gasteiger partial charge is 0.507 e. The summed E-state index contributed by atoms with van der Waals surface area (Å²) in [7, 11) is 0. The molecule has 1 fully saturated rings. The minimum Gasteiger partial charge on any atom is -0.507 e. The molecule has 1 saturated heterocycles. The number of aliphatic hydroxyl groups is 1. The van der Waals surface area contributed by atoms with Gasteiger partial charge in [-0.1, -0.05) is 37.3 Å². The van der Waals surface area contributed by atoms with Gasteiger partial charge < -0.3 is 19.5 Å². The summed E-state index contributed by atoms with van der Waals surface area (Å²) >= 11 is 0. The average molecular weight is 501 g/mol. The van der Waals surface area contributed by atoms with Gasteiger partial charge in [-0.3, -0.25) is 14.6 Å². The maximum Gasteiger partial charge on any atom is 0.338 e. The summed E-state index contributed by atoms with van der Waals surface area (Å²) in [5.74, 6) is -1.72. The van der Waals surface area contributed by atoms with Crippen LogP contribution in [-0.2, 0) is 20.9 Å². The fourth-order valence-electron chi connectivity index (χ4n) is 4.15. The van der Waals surface area contributed by atoms with Gasteiger partial charge in [0, 0.05) is 18.3 Å². The predicted molar refractivity (Wildman–Crippen MR) is 137 cm³/mol. The maximum atomic E-state index is 13.2. The SMILES string of the molecule is CCCOc1cccc(/C(O)=C2\C(=O)C(=O)N(Cc3ccc(C(=O)OCC)cc3)C2c2ccccn2)c1. The fraction of sp³-hybridized carbons (Fsp3) is 0.241. The van der Waals surface area contributed by atoms with Crippen LogP contribution in [0.2, 0.25) is 0 Å². The molecule has 2 heterocycles. The molecule has 0 saturated carbocycles. The molecular weight excluding hydrogens is 472 g/mol. The van der Waals surface area contributed by atoms with Gasteiger partial charge in [0.25, 0.3) is 11.7 Å². The highest BCUT2D eigenvalue weighted by Gasteiger charge is 2.46. The van der Waals surface area contributed by atoms with E-state index in [1.807, 2.05) is 6.92 Å². The molecule has 1 atom stereocenters. The topological polar surface area (TPSA) is 106 Å². The molecular formula is C29H28N2O6. The van der Waals surface area contributed by atoms with Crippen LogP contribution >= 0.6 is 0 Å². The lowest BCUT2D eigenvalue weighted by atomic mass is 9.98. The third kappa shape index (κ3) is 5.53. The summed E-state index contributed by atoms with van der Waals surface area (Å²) in [5, 5.41) is 11.3. The van der Waals surface area contributed by atoms with Crippen LogP contribution in [-0.4, -0.2) is 45.9 Å². The molecule has 1 aromatic heterocycles. The van der Waals surface area contributed by atoms with Crippen molar-refractivity contribution in [3.05, 3.63) is 101 Å². The lowest BCUT2D eigenvalue weighted by molar-refractivity contribution is -0.140. The summed E-state index contributed by atoms with van der Waals surface area (Å²) in [5.41, 5.74) is 1.86. The van der Waals surface area contributed by atoms with Crippen molar-refractivity contribution in [3.8, 4) is 5.75 Å². The molecule has 0 spiro atoms. The van der Waals surface area contributed by atoms with Gasteiger partial charge in [0.2, 0.25) is 0 Å². The molecule has 1 aliphatic rings. The molecule has 0 bridgehead atoms. The van der Waals surface area contributed by atoms with Gasteiger partial charge in [0.05, 0.1) is 30.0 Å². The van der Waals surface area contributed by atoms with E-state index in [1.165, 1.54) is 4.90 Å². The smallest absolute Gasteiger partial charge is 0.338 e. The van der Waals surface area contributed by atoms with Crippen molar-refractivity contribution in [2.24, 2.45) is 0 Å². The lowest BCUT2D eigenvalue weighted by Crippen LogP contribution is -2.29. The second kappa shape index (κ2) is 11.5. The predicted octanol–water partition coefficient (Wildman–Crippen LogP) is 4.67. The zero-order chi connectivity index (χ0) is 26.4. The highest BCUT2D eigenvalue weighted by atomic mass is 16.5. The molecule has 1 aliphatic heterocycles. The number of ketones is 1. The second-order valence-corrected chi connectivity index (χ2v) is 8.48. The summed E-state index contributed by atoms with van der Waals surface area (Å²) in [6, 6.07) is 17.7. The van der Waals surface area contributed by atoms with Crippen molar-refractivity contribution in [3.63, 3.8) is 0 Å². The molecule has 1 unspecified atom stereocenters. The number of esters is 1. The van der Waals surface area contributed by atoms with Crippen molar-refractivity contribution >= 4 is 23.4 Å². The van der Waals surface area contributed by atoms with E-state index in [0.29, 0.717) is 34.7 Å². The quantitative estimate of drug-likeness (QED) is 0.197. The molecule has 1 amide bonds. The number of ether oxygens (including phenoxy) is 2. The first-order chi connectivity index (χ1) is 17.9. The Labute approximate surface area is 215 Å². The Morgan fingerprint density at radius 3 is 2.46 bits per heavy atom. The zero-order valence-electron chi connectivity index (χ0n) is 20.7. The maximum absolute atomic E-state index is 13.2. The molecule has 8 heteroatoms. The van der Waals surface area contributed by atoms with Crippen LogP contribution < -0.4 is 4.74 Å². The monoisotopic (exact) mass is 500 g/mol. The van der Waals surface area contributed by atoms with E-state index in [1.54, 1.807) is 79.9 Å². The number of aliphatic hydroxyl groups excluding tert-OH is 1. The highest BCUT2D eigenvalue weighted by molar-refractivity contribution is 6.46. The first-order valence-corrected chi connectivity index (χ1v) is 12.1. The Morgan fingerprint density at radius 2 is 1.78 bits per heavy atom. The highest BCUT2D eigenvalue weighted by Crippen LogP contribution is 2.39. The van der Waals surface area contributed by atoms with Gasteiger partial charge in [0.1, 0.15) is 17.6 Å². The van der Waals surface area contributed by atoms with Gasteiger partial charge in [-0.05, 0) is 55.3 Å². The average Bonchev–Trinajstić information content (AvgIpc) is 3.17. The Balaban J connectivity index is 1.73. The first-order valence-electron chi connectivity index (χ1n) is 12.1. The van der Waals surface area contributed by atoms with E-state index in [4.69, 9.17) is 9.47 Å². The molecule has 0 radical (unpaired) electrons. The van der Waals surface area contributed by atoms with Crippen molar-refractivity contribution in [1.82, 2.24) is 9.88 Å². The fourth-order valence-corrected chi connectivity index (χ4v) is 4.15. The number of hydrogen-bond acceptors (Lipinski definition) is 7. The van der Waals surface area contributed by atoms with Crippen LogP contribution in [0, 0.1) is 0 Å². The molecule has 2 aromatic carbocycles. The van der Waals surface area contributed by atoms with Crippen LogP contribution in [0.3, 0.4) is 0 Å². The van der Waals surface area contributed by atoms with E-state index < -0.39 is 23.7 Å². The van der Waals surface area contributed by atoms with E-state index >= 15 is 0 Å². The van der Waals surface area contributed by atoms with Gasteiger partial charge in [-0.25, -0.2) is 4.79 Å². The minimum atomic E-state index is -0.897. The number of rotatable bonds is 9. The summed E-state index contributed by atoms with van der Waals surface area (Å²) < 4.78 is 10.7. The van der Waals surface area contributed by atoms with Gasteiger partial charge in [0.15, 0.2) is 0 Å². The second-order valence-electron chi connectivity index (χ2n) is 8.48. The summed E-state index contributed by atoms with van der Waals surface area (Å²) in [4.78, 5) is 44.2. The molecule has 8 nitrogen and oxygen atoms in total. The van der Waals surface area contributed by atoms with E-state index in [-0.39, 0.29) is 24.5 Å². The van der Waals surface area contributed by atoms with Crippen LogP contribution in [0.4, 0.5) is 0 Å². The molecule has 37 heavy (non-hydrogen) atoms. The summed E-state index contributed by atoms with van der Waals surface area (Å²) in [6.45, 7) is 4.57. The number of Topliss-reactive ketones (excluding diaryl/α,β-unsaturated/α-hetero) is 1. The number of amides is 1. The van der Waals surface area contributed by atoms with Gasteiger partial charge >= 0.3 is 5.97 Å². The number of aromatic nitrogens is 1. The lowest BCUT2D eigenvalue weighted by Gasteiger charge is -2.24. The zero-order valence-corrected chi connectivity index (χ0v) is 20.7. The Bertz CT molecular complexity index is 1320. The van der Waals surface area contributed by atoms with Crippen LogP contribution in [0.5, 0.6) is 5.75 Å². The molecule has 0 aliphatic carbocycles. The van der Waals surface area contributed by atoms with Crippen molar-refractivity contribution in [2.45, 2.75) is 32.9 Å².